The summed E-state index contributed by atoms with van der Waals surface area (Å²) < 4.78 is 32.3. The minimum Gasteiger partial charge on any atom is -0.493 e. The summed E-state index contributed by atoms with van der Waals surface area (Å²) in [6.07, 6.45) is 3.67. The van der Waals surface area contributed by atoms with Crippen molar-refractivity contribution in [1.29, 1.82) is 0 Å². The fourth-order valence-electron chi connectivity index (χ4n) is 6.01. The predicted octanol–water partition coefficient (Wildman–Crippen LogP) is 4.62. The van der Waals surface area contributed by atoms with E-state index in [0.717, 1.165) is 17.5 Å². The molecule has 1 unspecified atom stereocenters. The minimum absolute atomic E-state index is 0.0302. The van der Waals surface area contributed by atoms with E-state index in [1.54, 1.807) is 0 Å². The van der Waals surface area contributed by atoms with Crippen molar-refractivity contribution in [3.63, 3.8) is 0 Å². The number of aryl methyl sites for hydroxylation is 1. The third kappa shape index (κ3) is 2.75. The Kier molecular flexibility index (Phi) is 4.66. The molecule has 3 aliphatic carbocycles. The van der Waals surface area contributed by atoms with E-state index < -0.39 is 5.82 Å². The molecule has 0 spiro atoms. The Hall–Kier alpha value is -1.40. The van der Waals surface area contributed by atoms with E-state index in [9.17, 15) is 9.18 Å². The van der Waals surface area contributed by atoms with Crippen molar-refractivity contribution in [2.75, 3.05) is 7.11 Å². The van der Waals surface area contributed by atoms with E-state index >= 15 is 0 Å². The first-order chi connectivity index (χ1) is 13.1. The van der Waals surface area contributed by atoms with Gasteiger partial charge in [-0.05, 0) is 80.8 Å². The first-order valence-electron chi connectivity index (χ1n) is 10.3. The maximum atomic E-state index is 14.5. The Morgan fingerprint density at radius 3 is 2.68 bits per heavy atom. The maximum Gasteiger partial charge on any atom is 0.457 e. The molecular formula is C22H30BFO4. The van der Waals surface area contributed by atoms with Gasteiger partial charge in [0.15, 0.2) is 17.3 Å². The molecule has 4 fully saturated rings. The Labute approximate surface area is 167 Å². The molecule has 1 aliphatic heterocycles. The summed E-state index contributed by atoms with van der Waals surface area (Å²) in [5.74, 6) is 0.587. The average Bonchev–Trinajstić information content (AvgIpc) is 2.97. The lowest BCUT2D eigenvalue weighted by Crippen LogP contribution is -2.65. The lowest BCUT2D eigenvalue weighted by molar-refractivity contribution is -0.199. The van der Waals surface area contributed by atoms with Crippen molar-refractivity contribution < 1.29 is 23.2 Å². The Morgan fingerprint density at radius 2 is 2.07 bits per heavy atom. The molecule has 3 saturated carbocycles. The number of rotatable bonds is 5. The second kappa shape index (κ2) is 6.56. The molecule has 2 bridgehead atoms. The number of benzene rings is 1. The van der Waals surface area contributed by atoms with Gasteiger partial charge >= 0.3 is 7.12 Å². The van der Waals surface area contributed by atoms with Crippen LogP contribution in [-0.4, -0.2) is 31.7 Å². The van der Waals surface area contributed by atoms with Crippen LogP contribution in [0.25, 0.3) is 0 Å². The van der Waals surface area contributed by atoms with Gasteiger partial charge in [-0.3, -0.25) is 4.79 Å². The number of ketones is 1. The van der Waals surface area contributed by atoms with Gasteiger partial charge in [-0.1, -0.05) is 13.8 Å². The van der Waals surface area contributed by atoms with Crippen molar-refractivity contribution in [2.24, 2.45) is 17.3 Å². The highest BCUT2D eigenvalue weighted by Gasteiger charge is 2.67. The van der Waals surface area contributed by atoms with Crippen molar-refractivity contribution in [1.82, 2.24) is 0 Å². The summed E-state index contributed by atoms with van der Waals surface area (Å²) in [7, 11) is 1.11. The number of hydrogen-bond donors (Lipinski definition) is 0. The number of hydrogen-bond acceptors (Lipinski definition) is 4. The molecule has 1 aromatic carbocycles. The zero-order valence-corrected chi connectivity index (χ0v) is 17.7. The third-order valence-corrected chi connectivity index (χ3v) is 7.81. The van der Waals surface area contributed by atoms with Crippen LogP contribution in [0.2, 0.25) is 6.32 Å². The van der Waals surface area contributed by atoms with Gasteiger partial charge in [0.2, 0.25) is 0 Å². The van der Waals surface area contributed by atoms with Gasteiger partial charge in [-0.2, -0.15) is 0 Å². The monoisotopic (exact) mass is 388 g/mol. The number of halogens is 1. The summed E-state index contributed by atoms with van der Waals surface area (Å²) >= 11 is 0. The molecule has 152 valence electrons. The number of carbonyl (C=O) groups excluding carboxylic acids is 1. The van der Waals surface area contributed by atoms with Crippen LogP contribution in [-0.2, 0) is 15.7 Å². The van der Waals surface area contributed by atoms with Crippen LogP contribution < -0.4 is 4.74 Å². The first-order valence-corrected chi connectivity index (χ1v) is 10.3. The minimum atomic E-state index is -0.496. The zero-order valence-electron chi connectivity index (χ0n) is 17.7. The van der Waals surface area contributed by atoms with Gasteiger partial charge < -0.3 is 14.0 Å². The second-order valence-corrected chi connectivity index (χ2v) is 9.54. The van der Waals surface area contributed by atoms with Crippen molar-refractivity contribution in [3.8, 4) is 5.75 Å². The quantitative estimate of drug-likeness (QED) is 0.546. The van der Waals surface area contributed by atoms with Gasteiger partial charge in [-0.25, -0.2) is 4.39 Å². The molecule has 4 nitrogen and oxygen atoms in total. The van der Waals surface area contributed by atoms with E-state index in [-0.39, 0.29) is 30.4 Å². The van der Waals surface area contributed by atoms with Crippen molar-refractivity contribution in [2.45, 2.75) is 71.9 Å². The number of Topliss-reactive ketones (excluding diaryl/α,β-unsaturated/α-hetero) is 1. The highest BCUT2D eigenvalue weighted by molar-refractivity contribution is 6.45. The number of carbonyl (C=O) groups is 1. The highest BCUT2D eigenvalue weighted by Crippen LogP contribution is 2.65. The zero-order chi connectivity index (χ0) is 20.4. The molecule has 6 heteroatoms. The third-order valence-electron chi connectivity index (χ3n) is 7.81. The van der Waals surface area contributed by atoms with Crippen LogP contribution in [0.4, 0.5) is 4.39 Å². The van der Waals surface area contributed by atoms with Crippen LogP contribution >= 0.6 is 0 Å². The van der Waals surface area contributed by atoms with Gasteiger partial charge in [0.1, 0.15) is 0 Å². The SMILES string of the molecule is COc1c(F)cc(CCB2OC3C[C@@H]4C[C@@H](C4(C)C)[C@]3(C)O2)c(C)c1C(C)=O. The van der Waals surface area contributed by atoms with E-state index in [1.807, 2.05) is 6.92 Å². The van der Waals surface area contributed by atoms with Gasteiger partial charge in [0, 0.05) is 0 Å². The Bertz CT molecular complexity index is 823. The normalized spacial score (nSPS) is 32.7. The molecule has 1 saturated heterocycles. The highest BCUT2D eigenvalue weighted by atomic mass is 19.1. The fraction of sp³-hybridized carbons (Fsp3) is 0.682. The van der Waals surface area contributed by atoms with Crippen LogP contribution in [0.1, 0.15) is 62.0 Å². The van der Waals surface area contributed by atoms with Crippen LogP contribution in [0, 0.1) is 30.0 Å². The smallest absolute Gasteiger partial charge is 0.457 e. The Balaban J connectivity index is 1.50. The lowest BCUT2D eigenvalue weighted by atomic mass is 9.43. The average molecular weight is 388 g/mol. The van der Waals surface area contributed by atoms with Gasteiger partial charge in [0.25, 0.3) is 0 Å². The molecule has 0 amide bonds. The molecule has 0 N–H and O–H groups in total. The van der Waals surface area contributed by atoms with Crippen LogP contribution in [0.15, 0.2) is 6.07 Å². The van der Waals surface area contributed by atoms with Crippen molar-refractivity contribution >= 4 is 12.9 Å². The summed E-state index contributed by atoms with van der Waals surface area (Å²) in [6.45, 7) is 10.2. The summed E-state index contributed by atoms with van der Waals surface area (Å²) in [6, 6.07) is 1.48. The molecule has 4 atom stereocenters. The summed E-state index contributed by atoms with van der Waals surface area (Å²) in [5.41, 5.74) is 1.99. The lowest BCUT2D eigenvalue weighted by Gasteiger charge is -2.64. The predicted molar refractivity (Wildman–Crippen MR) is 106 cm³/mol. The van der Waals surface area contributed by atoms with Crippen molar-refractivity contribution in [3.05, 3.63) is 28.6 Å². The van der Waals surface area contributed by atoms with Gasteiger partial charge in [0.05, 0.1) is 24.4 Å². The first kappa shape index (κ1) is 19.9. The second-order valence-electron chi connectivity index (χ2n) is 9.54. The van der Waals surface area contributed by atoms with E-state index in [0.29, 0.717) is 35.6 Å². The van der Waals surface area contributed by atoms with E-state index in [2.05, 4.69) is 20.8 Å². The number of methoxy groups -OCH3 is 1. The van der Waals surface area contributed by atoms with Crippen LogP contribution in [0.3, 0.4) is 0 Å². The fourth-order valence-corrected chi connectivity index (χ4v) is 6.01. The molecule has 5 rings (SSSR count). The molecule has 0 aromatic heterocycles. The van der Waals surface area contributed by atoms with E-state index in [1.165, 1.54) is 26.5 Å². The van der Waals surface area contributed by atoms with E-state index in [4.69, 9.17) is 14.0 Å². The topological polar surface area (TPSA) is 44.8 Å². The number of ether oxygens (including phenoxy) is 1. The summed E-state index contributed by atoms with van der Waals surface area (Å²) in [4.78, 5) is 12.0. The Morgan fingerprint density at radius 1 is 1.36 bits per heavy atom. The molecule has 1 aromatic rings. The standard InChI is InChI=1S/C22H30BFO4/c1-12-14(9-16(24)20(26-6)19(12)13(2)25)7-8-23-27-18-11-15-10-17(21(15,3)4)22(18,5)28-23/h9,15,17-18H,7-8,10-11H2,1-6H3/t15-,17-,18?,22-/m0/s1. The molecule has 0 radical (unpaired) electrons. The molecule has 4 aliphatic rings. The largest absolute Gasteiger partial charge is 0.493 e. The molecule has 28 heavy (non-hydrogen) atoms. The van der Waals surface area contributed by atoms with Crippen LogP contribution in [0.5, 0.6) is 5.75 Å². The molecular weight excluding hydrogens is 358 g/mol. The maximum absolute atomic E-state index is 14.5. The van der Waals surface area contributed by atoms with Gasteiger partial charge in [-0.15, -0.1) is 0 Å². The molecule has 1 heterocycles. The summed E-state index contributed by atoms with van der Waals surface area (Å²) in [5, 5.41) is 0.